The van der Waals surface area contributed by atoms with Gasteiger partial charge in [0.05, 0.1) is 25.4 Å². The third kappa shape index (κ3) is 57.9. The zero-order valence-electron chi connectivity index (χ0n) is 48.9. The van der Waals surface area contributed by atoms with E-state index in [1.807, 2.05) is 6.08 Å². The van der Waals surface area contributed by atoms with E-state index >= 15 is 0 Å². The van der Waals surface area contributed by atoms with Gasteiger partial charge in [0.1, 0.15) is 0 Å². The maximum Gasteiger partial charge on any atom is 0.305 e. The first kappa shape index (κ1) is 70.6. The van der Waals surface area contributed by atoms with E-state index in [2.05, 4.69) is 19.2 Å². The molecule has 0 spiro atoms. The molecule has 6 nitrogen and oxygen atoms in total. The van der Waals surface area contributed by atoms with Crippen LogP contribution in [0.3, 0.4) is 0 Å². The van der Waals surface area contributed by atoms with Crippen molar-refractivity contribution in [1.82, 2.24) is 5.32 Å². The van der Waals surface area contributed by atoms with Crippen LogP contribution in [0.15, 0.2) is 12.2 Å². The average Bonchev–Trinajstić information content (AvgIpc) is 3.38. The molecule has 0 aromatic heterocycles. The Morgan fingerprint density at radius 1 is 0.375 bits per heavy atom. The smallest absolute Gasteiger partial charge is 0.305 e. The zero-order chi connectivity index (χ0) is 52.2. The summed E-state index contributed by atoms with van der Waals surface area (Å²) < 4.78 is 5.49. The second-order valence-corrected chi connectivity index (χ2v) is 22.8. The van der Waals surface area contributed by atoms with E-state index in [0.717, 1.165) is 38.5 Å². The van der Waals surface area contributed by atoms with Gasteiger partial charge in [-0.1, -0.05) is 341 Å². The van der Waals surface area contributed by atoms with Crippen LogP contribution in [-0.2, 0) is 14.3 Å². The first-order valence-electron chi connectivity index (χ1n) is 33.0. The number of amides is 1. The third-order valence-electron chi connectivity index (χ3n) is 15.6. The van der Waals surface area contributed by atoms with Crippen molar-refractivity contribution in [1.29, 1.82) is 0 Å². The standard InChI is InChI=1S/C66H129NO5/c1-3-5-7-9-11-13-15-17-19-20-28-31-34-38-42-46-50-54-58-64(69)63(62-68)67-65(70)59-55-51-47-43-39-35-32-29-26-24-22-21-23-25-27-30-33-37-41-45-49-53-57-61-72-66(71)60-56-52-48-44-40-36-18-16-14-12-10-8-6-4-2/h54,58,63-64,68-69H,3-53,55-57,59-62H2,1-2H3,(H,67,70)/b58-54+. The molecule has 0 aromatic carbocycles. The van der Waals surface area contributed by atoms with Gasteiger partial charge in [0.25, 0.3) is 0 Å². The summed E-state index contributed by atoms with van der Waals surface area (Å²) in [5.74, 6) is -0.0469. The van der Waals surface area contributed by atoms with E-state index in [9.17, 15) is 19.8 Å². The Kier molecular flexibility index (Phi) is 60.9. The van der Waals surface area contributed by atoms with Gasteiger partial charge in [-0.3, -0.25) is 9.59 Å². The maximum absolute atomic E-state index is 12.5. The lowest BCUT2D eigenvalue weighted by atomic mass is 10.0. The summed E-state index contributed by atoms with van der Waals surface area (Å²) in [5, 5.41) is 23.2. The number of unbranched alkanes of at least 4 members (excludes halogenated alkanes) is 51. The molecule has 0 fully saturated rings. The molecule has 0 aliphatic carbocycles. The van der Waals surface area contributed by atoms with Gasteiger partial charge < -0.3 is 20.3 Å². The minimum Gasteiger partial charge on any atom is -0.466 e. The van der Waals surface area contributed by atoms with Crippen molar-refractivity contribution in [3.8, 4) is 0 Å². The Balaban J connectivity index is 3.39. The Hall–Kier alpha value is -1.40. The molecule has 72 heavy (non-hydrogen) atoms. The highest BCUT2D eigenvalue weighted by Crippen LogP contribution is 2.19. The Labute approximate surface area is 450 Å². The number of aliphatic hydroxyl groups excluding tert-OH is 2. The van der Waals surface area contributed by atoms with Crippen molar-refractivity contribution < 1.29 is 24.5 Å². The highest BCUT2D eigenvalue weighted by Gasteiger charge is 2.18. The second kappa shape index (κ2) is 62.1. The van der Waals surface area contributed by atoms with Crippen molar-refractivity contribution in [2.75, 3.05) is 13.2 Å². The van der Waals surface area contributed by atoms with Crippen LogP contribution in [0.5, 0.6) is 0 Å². The number of carbonyl (C=O) groups excluding carboxylic acids is 2. The minimum atomic E-state index is -0.844. The first-order chi connectivity index (χ1) is 35.5. The summed E-state index contributed by atoms with van der Waals surface area (Å²) >= 11 is 0. The molecule has 0 saturated heterocycles. The Bertz CT molecular complexity index is 1080. The monoisotopic (exact) mass is 1020 g/mol. The fourth-order valence-corrected chi connectivity index (χ4v) is 10.5. The molecule has 0 rings (SSSR count). The van der Waals surface area contributed by atoms with Crippen LogP contribution >= 0.6 is 0 Å². The van der Waals surface area contributed by atoms with Crippen LogP contribution in [0.4, 0.5) is 0 Å². The molecule has 0 aliphatic heterocycles. The molecule has 0 aromatic rings. The first-order valence-corrected chi connectivity index (χ1v) is 33.0. The van der Waals surface area contributed by atoms with Gasteiger partial charge in [0, 0.05) is 12.8 Å². The Morgan fingerprint density at radius 3 is 0.944 bits per heavy atom. The molecule has 0 saturated carbocycles. The van der Waals surface area contributed by atoms with Crippen LogP contribution in [0.25, 0.3) is 0 Å². The van der Waals surface area contributed by atoms with E-state index in [1.165, 1.54) is 308 Å². The summed E-state index contributed by atoms with van der Waals surface area (Å²) in [4.78, 5) is 24.6. The summed E-state index contributed by atoms with van der Waals surface area (Å²) in [6, 6.07) is -0.627. The normalized spacial score (nSPS) is 12.6. The van der Waals surface area contributed by atoms with Crippen molar-refractivity contribution >= 4 is 11.9 Å². The van der Waals surface area contributed by atoms with Crippen molar-refractivity contribution in [3.05, 3.63) is 12.2 Å². The van der Waals surface area contributed by atoms with Crippen molar-refractivity contribution in [2.45, 2.75) is 386 Å². The number of ether oxygens (including phenoxy) is 1. The minimum absolute atomic E-state index is 0.0170. The van der Waals surface area contributed by atoms with E-state index in [4.69, 9.17) is 4.74 Å². The predicted octanol–water partition coefficient (Wildman–Crippen LogP) is 20.8. The number of nitrogens with one attached hydrogen (secondary N) is 1. The van der Waals surface area contributed by atoms with Gasteiger partial charge in [-0.15, -0.1) is 0 Å². The molecular weight excluding hydrogens is 887 g/mol. The van der Waals surface area contributed by atoms with Crippen LogP contribution in [-0.4, -0.2) is 47.4 Å². The number of rotatable bonds is 62. The molecular formula is C66H129NO5. The quantitative estimate of drug-likeness (QED) is 0.0320. The topological polar surface area (TPSA) is 95.9 Å². The molecule has 0 bridgehead atoms. The van der Waals surface area contributed by atoms with Gasteiger partial charge in [0.15, 0.2) is 0 Å². The van der Waals surface area contributed by atoms with E-state index in [0.29, 0.717) is 19.4 Å². The number of aliphatic hydroxyl groups is 2. The molecule has 2 atom stereocenters. The van der Waals surface area contributed by atoms with E-state index in [1.54, 1.807) is 6.08 Å². The van der Waals surface area contributed by atoms with Gasteiger partial charge in [0.2, 0.25) is 5.91 Å². The van der Waals surface area contributed by atoms with Crippen LogP contribution in [0.1, 0.15) is 373 Å². The second-order valence-electron chi connectivity index (χ2n) is 22.8. The third-order valence-corrected chi connectivity index (χ3v) is 15.6. The fourth-order valence-electron chi connectivity index (χ4n) is 10.5. The van der Waals surface area contributed by atoms with Gasteiger partial charge >= 0.3 is 5.97 Å². The van der Waals surface area contributed by atoms with Crippen LogP contribution < -0.4 is 5.32 Å². The number of carbonyl (C=O) groups is 2. The van der Waals surface area contributed by atoms with E-state index in [-0.39, 0.29) is 18.5 Å². The number of allylic oxidation sites excluding steroid dienone is 1. The lowest BCUT2D eigenvalue weighted by Crippen LogP contribution is -2.45. The summed E-state index contributed by atoms with van der Waals surface area (Å²) in [6.07, 6.45) is 75.5. The lowest BCUT2D eigenvalue weighted by Gasteiger charge is -2.20. The van der Waals surface area contributed by atoms with Gasteiger partial charge in [-0.2, -0.15) is 0 Å². The molecule has 428 valence electrons. The maximum atomic E-state index is 12.5. The van der Waals surface area contributed by atoms with E-state index < -0.39 is 12.1 Å². The van der Waals surface area contributed by atoms with Crippen molar-refractivity contribution in [2.24, 2.45) is 0 Å². The summed E-state index contributed by atoms with van der Waals surface area (Å²) in [6.45, 7) is 4.94. The molecule has 2 unspecified atom stereocenters. The number of esters is 1. The van der Waals surface area contributed by atoms with Gasteiger partial charge in [-0.05, 0) is 32.1 Å². The Morgan fingerprint density at radius 2 is 0.639 bits per heavy atom. The predicted molar refractivity (Wildman–Crippen MR) is 315 cm³/mol. The zero-order valence-corrected chi connectivity index (χ0v) is 48.9. The number of hydrogen-bond acceptors (Lipinski definition) is 5. The van der Waals surface area contributed by atoms with Gasteiger partial charge in [-0.25, -0.2) is 0 Å². The van der Waals surface area contributed by atoms with Crippen LogP contribution in [0.2, 0.25) is 0 Å². The SMILES string of the molecule is CCCCCCCCCCCCCCCCCC/C=C/C(O)C(CO)NC(=O)CCCCCCCCCCCCCCCCCCCCCCCCCOC(=O)CCCCCCCCCCCCCCCC. The average molecular weight is 1020 g/mol. The summed E-state index contributed by atoms with van der Waals surface area (Å²) in [5.41, 5.74) is 0. The molecule has 3 N–H and O–H groups in total. The highest BCUT2D eigenvalue weighted by molar-refractivity contribution is 5.76. The molecule has 0 heterocycles. The molecule has 6 heteroatoms. The molecule has 1 amide bonds. The molecule has 0 aliphatic rings. The summed E-state index contributed by atoms with van der Waals surface area (Å²) in [7, 11) is 0. The number of hydrogen-bond donors (Lipinski definition) is 3. The largest absolute Gasteiger partial charge is 0.466 e. The fraction of sp³-hybridized carbons (Fsp3) is 0.939. The van der Waals surface area contributed by atoms with Crippen molar-refractivity contribution in [3.63, 3.8) is 0 Å². The molecule has 0 radical (unpaired) electrons. The lowest BCUT2D eigenvalue weighted by molar-refractivity contribution is -0.143. The highest BCUT2D eigenvalue weighted by atomic mass is 16.5. The van der Waals surface area contributed by atoms with Crippen LogP contribution in [0, 0.1) is 0 Å².